The van der Waals surface area contributed by atoms with Crippen LogP contribution >= 0.6 is 23.1 Å². The van der Waals surface area contributed by atoms with Gasteiger partial charge < -0.3 is 11.1 Å². The Hall–Kier alpha value is -1.46. The number of thiophene rings is 1. The molecule has 0 saturated carbocycles. The van der Waals surface area contributed by atoms with Gasteiger partial charge in [-0.2, -0.15) is 0 Å². The van der Waals surface area contributed by atoms with Gasteiger partial charge in [-0.05, 0) is 17.7 Å². The zero-order chi connectivity index (χ0) is 15.4. The van der Waals surface area contributed by atoms with Crippen molar-refractivity contribution in [2.45, 2.75) is 24.7 Å². The molecule has 21 heavy (non-hydrogen) atoms. The Balaban J connectivity index is 2.13. The van der Waals surface area contributed by atoms with Crippen LogP contribution in [0.15, 0.2) is 35.2 Å². The minimum atomic E-state index is 0.0250. The lowest BCUT2D eigenvalue weighted by Gasteiger charge is -2.13. The van der Waals surface area contributed by atoms with Gasteiger partial charge in [-0.3, -0.25) is 4.79 Å². The van der Waals surface area contributed by atoms with Gasteiger partial charge in [-0.25, -0.2) is 0 Å². The van der Waals surface area contributed by atoms with E-state index in [9.17, 15) is 4.79 Å². The molecule has 0 amide bonds. The van der Waals surface area contributed by atoms with Crippen molar-refractivity contribution in [1.29, 1.82) is 0 Å². The van der Waals surface area contributed by atoms with Gasteiger partial charge in [0.25, 0.3) is 0 Å². The molecule has 1 heterocycles. The van der Waals surface area contributed by atoms with E-state index in [0.29, 0.717) is 16.5 Å². The number of Topliss-reactive ketones (excluding diaryl/α,β-unsaturated/α-hetero) is 1. The molecule has 112 valence electrons. The van der Waals surface area contributed by atoms with Crippen molar-refractivity contribution >= 4 is 39.6 Å². The molecule has 3 N–H and O–H groups in total. The van der Waals surface area contributed by atoms with Crippen LogP contribution in [0.25, 0.3) is 0 Å². The van der Waals surface area contributed by atoms with E-state index < -0.39 is 0 Å². The summed E-state index contributed by atoms with van der Waals surface area (Å²) >= 11 is 3.03. The topological polar surface area (TPSA) is 55.1 Å². The molecular formula is C16H20N2OS2. The fourth-order valence-corrected chi connectivity index (χ4v) is 4.09. The second-order valence-electron chi connectivity index (χ2n) is 4.96. The summed E-state index contributed by atoms with van der Waals surface area (Å²) in [5.74, 6) is 0.418. The third-order valence-electron chi connectivity index (χ3n) is 3.36. The first-order valence-electron chi connectivity index (χ1n) is 6.80. The number of carbonyl (C=O) groups is 1. The van der Waals surface area contributed by atoms with Crippen molar-refractivity contribution in [2.24, 2.45) is 0 Å². The zero-order valence-electron chi connectivity index (χ0n) is 12.5. The predicted octanol–water partition coefficient (Wildman–Crippen LogP) is 4.47. The Morgan fingerprint density at radius 1 is 1.38 bits per heavy atom. The third-order valence-corrected chi connectivity index (χ3v) is 5.59. The highest BCUT2D eigenvalue weighted by atomic mass is 32.2. The van der Waals surface area contributed by atoms with Gasteiger partial charge in [0.1, 0.15) is 5.00 Å². The second-order valence-corrected chi connectivity index (χ2v) is 6.79. The van der Waals surface area contributed by atoms with Crippen LogP contribution < -0.4 is 11.1 Å². The van der Waals surface area contributed by atoms with Crippen LogP contribution in [-0.2, 0) is 0 Å². The fraction of sp³-hybridized carbons (Fsp3) is 0.312. The van der Waals surface area contributed by atoms with E-state index in [4.69, 9.17) is 5.73 Å². The zero-order valence-corrected chi connectivity index (χ0v) is 14.1. The highest BCUT2D eigenvalue weighted by Gasteiger charge is 2.18. The van der Waals surface area contributed by atoms with Crippen LogP contribution in [0.3, 0.4) is 0 Å². The van der Waals surface area contributed by atoms with Crippen LogP contribution in [0.5, 0.6) is 0 Å². The first-order chi connectivity index (χ1) is 10.0. The van der Waals surface area contributed by atoms with E-state index in [1.54, 1.807) is 18.7 Å². The number of nitrogen functional groups attached to an aromatic ring is 1. The minimum Gasteiger partial charge on any atom is -0.396 e. The molecule has 2 rings (SSSR count). The number of anilines is 2. The number of rotatable bonds is 6. The summed E-state index contributed by atoms with van der Waals surface area (Å²) in [6, 6.07) is 10.4. The smallest absolute Gasteiger partial charge is 0.171 e. The molecule has 5 heteroatoms. The quantitative estimate of drug-likeness (QED) is 0.609. The molecule has 1 unspecified atom stereocenters. The number of hydrogen-bond donors (Lipinski definition) is 2. The van der Waals surface area contributed by atoms with Crippen molar-refractivity contribution in [3.05, 3.63) is 40.8 Å². The number of nitrogens with one attached hydrogen (secondary N) is 1. The summed E-state index contributed by atoms with van der Waals surface area (Å²) in [4.78, 5) is 13.2. The van der Waals surface area contributed by atoms with E-state index in [1.165, 1.54) is 16.9 Å². The Labute approximate surface area is 133 Å². The lowest BCUT2D eigenvalue weighted by molar-refractivity contribution is 0.102. The minimum absolute atomic E-state index is 0.0250. The molecule has 1 aromatic carbocycles. The monoisotopic (exact) mass is 320 g/mol. The molecule has 0 aliphatic heterocycles. The molecule has 0 spiro atoms. The fourth-order valence-electron chi connectivity index (χ4n) is 2.15. The van der Waals surface area contributed by atoms with Crippen molar-refractivity contribution in [2.75, 3.05) is 23.9 Å². The standard InChI is InChI=1S/C16H20N2OS2/c1-10(12-7-5-4-6-8-12)9-18-16-15(20-3)13(17)14(21-16)11(2)19/h4-8,10,18H,9,17H2,1-3H3. The highest BCUT2D eigenvalue weighted by molar-refractivity contribution is 7.99. The molecule has 0 aliphatic carbocycles. The molecule has 3 nitrogen and oxygen atoms in total. The molecule has 0 radical (unpaired) electrons. The predicted molar refractivity (Wildman–Crippen MR) is 93.9 cm³/mol. The Kier molecular flexibility index (Phi) is 5.31. The van der Waals surface area contributed by atoms with Crippen molar-refractivity contribution in [1.82, 2.24) is 0 Å². The van der Waals surface area contributed by atoms with Crippen LogP contribution in [0, 0.1) is 0 Å². The van der Waals surface area contributed by atoms with E-state index in [-0.39, 0.29) is 5.78 Å². The van der Waals surface area contributed by atoms with Crippen molar-refractivity contribution in [3.63, 3.8) is 0 Å². The normalized spacial score (nSPS) is 12.1. The van der Waals surface area contributed by atoms with Crippen molar-refractivity contribution in [3.8, 4) is 0 Å². The first-order valence-corrected chi connectivity index (χ1v) is 8.84. The lowest BCUT2D eigenvalue weighted by atomic mass is 10.0. The molecule has 2 aromatic rings. The molecule has 0 saturated heterocycles. The van der Waals surface area contributed by atoms with Gasteiger partial charge >= 0.3 is 0 Å². The average molecular weight is 320 g/mol. The van der Waals surface area contributed by atoms with Gasteiger partial charge in [-0.1, -0.05) is 37.3 Å². The van der Waals surface area contributed by atoms with E-state index in [2.05, 4.69) is 36.5 Å². The Morgan fingerprint density at radius 2 is 2.05 bits per heavy atom. The third kappa shape index (κ3) is 3.60. The number of thioether (sulfide) groups is 1. The number of ketones is 1. The SMILES string of the molecule is CSc1c(NCC(C)c2ccccc2)sc(C(C)=O)c1N. The summed E-state index contributed by atoms with van der Waals surface area (Å²) in [5.41, 5.74) is 7.97. The summed E-state index contributed by atoms with van der Waals surface area (Å²) < 4.78 is 0. The van der Waals surface area contributed by atoms with Crippen LogP contribution in [0.4, 0.5) is 10.7 Å². The Morgan fingerprint density at radius 3 is 2.62 bits per heavy atom. The maximum absolute atomic E-state index is 11.6. The number of carbonyl (C=O) groups excluding carboxylic acids is 1. The summed E-state index contributed by atoms with van der Waals surface area (Å²) in [6.45, 7) is 4.56. The molecule has 0 fully saturated rings. The van der Waals surface area contributed by atoms with Gasteiger partial charge in [0.2, 0.25) is 0 Å². The van der Waals surface area contributed by atoms with Crippen molar-refractivity contribution < 1.29 is 4.79 Å². The molecular weight excluding hydrogens is 300 g/mol. The largest absolute Gasteiger partial charge is 0.396 e. The summed E-state index contributed by atoms with van der Waals surface area (Å²) in [5, 5.41) is 4.44. The highest BCUT2D eigenvalue weighted by Crippen LogP contribution is 2.42. The van der Waals surface area contributed by atoms with E-state index in [0.717, 1.165) is 16.4 Å². The molecule has 0 aliphatic rings. The van der Waals surface area contributed by atoms with Crippen LogP contribution in [0.2, 0.25) is 0 Å². The number of hydrogen-bond acceptors (Lipinski definition) is 5. The average Bonchev–Trinajstić information content (AvgIpc) is 2.81. The molecule has 1 atom stereocenters. The number of benzene rings is 1. The summed E-state index contributed by atoms with van der Waals surface area (Å²) in [7, 11) is 0. The first kappa shape index (κ1) is 15.9. The van der Waals surface area contributed by atoms with Crippen LogP contribution in [0.1, 0.15) is 35.0 Å². The van der Waals surface area contributed by atoms with Gasteiger partial charge in [0.05, 0.1) is 15.5 Å². The Bertz CT molecular complexity index is 623. The van der Waals surface area contributed by atoms with Gasteiger partial charge in [0.15, 0.2) is 5.78 Å². The van der Waals surface area contributed by atoms with E-state index >= 15 is 0 Å². The molecule has 1 aromatic heterocycles. The maximum atomic E-state index is 11.6. The second kappa shape index (κ2) is 7.00. The van der Waals surface area contributed by atoms with Gasteiger partial charge in [0, 0.05) is 13.5 Å². The maximum Gasteiger partial charge on any atom is 0.171 e. The molecule has 0 bridgehead atoms. The van der Waals surface area contributed by atoms with Gasteiger partial charge in [-0.15, -0.1) is 23.1 Å². The summed E-state index contributed by atoms with van der Waals surface area (Å²) in [6.07, 6.45) is 1.98. The van der Waals surface area contributed by atoms with Crippen LogP contribution in [-0.4, -0.2) is 18.6 Å². The lowest BCUT2D eigenvalue weighted by Crippen LogP contribution is -2.09. The number of nitrogens with two attached hydrogens (primary N) is 1. The van der Waals surface area contributed by atoms with E-state index in [1.807, 2.05) is 12.3 Å².